The molecule has 0 bridgehead atoms. The van der Waals surface area contributed by atoms with Crippen LogP contribution < -0.4 is 16.2 Å². The predicted molar refractivity (Wildman–Crippen MR) is 55.3 cm³/mol. The monoisotopic (exact) mass is 224 g/mol. The number of carbonyl (C=O) groups excluding carboxylic acids is 2. The summed E-state index contributed by atoms with van der Waals surface area (Å²) in [7, 11) is 1.46. The third-order valence-electron chi connectivity index (χ3n) is 2.22. The summed E-state index contributed by atoms with van der Waals surface area (Å²) in [5.74, 6) is -1.92. The number of aliphatic hydroxyl groups is 1. The first-order valence-corrected chi connectivity index (χ1v) is 4.39. The minimum atomic E-state index is -2.49. The zero-order valence-corrected chi connectivity index (χ0v) is 8.64. The van der Waals surface area contributed by atoms with Crippen LogP contribution >= 0.6 is 0 Å². The number of ether oxygens (including phenoxy) is 1. The van der Waals surface area contributed by atoms with E-state index in [4.69, 9.17) is 16.2 Å². The van der Waals surface area contributed by atoms with E-state index < -0.39 is 17.4 Å². The fourth-order valence-electron chi connectivity index (χ4n) is 1.24. The number of amides is 2. The lowest BCUT2D eigenvalue weighted by atomic mass is 9.92. The van der Waals surface area contributed by atoms with Gasteiger partial charge in [-0.2, -0.15) is 0 Å². The molecule has 0 atom stereocenters. The van der Waals surface area contributed by atoms with E-state index in [0.717, 1.165) is 0 Å². The summed E-state index contributed by atoms with van der Waals surface area (Å²) in [6.07, 6.45) is 0. The van der Waals surface area contributed by atoms with Crippen molar-refractivity contribution in [3.8, 4) is 5.75 Å². The molecule has 5 N–H and O–H groups in total. The van der Waals surface area contributed by atoms with Gasteiger partial charge in [0.15, 0.2) is 0 Å². The van der Waals surface area contributed by atoms with Crippen LogP contribution in [0.5, 0.6) is 5.75 Å². The van der Waals surface area contributed by atoms with E-state index in [1.165, 1.54) is 31.4 Å². The summed E-state index contributed by atoms with van der Waals surface area (Å²) >= 11 is 0. The van der Waals surface area contributed by atoms with E-state index >= 15 is 0 Å². The minimum Gasteiger partial charge on any atom is -0.497 e. The van der Waals surface area contributed by atoms with E-state index in [0.29, 0.717) is 5.75 Å². The molecule has 0 heterocycles. The summed E-state index contributed by atoms with van der Waals surface area (Å²) in [4.78, 5) is 22.1. The van der Waals surface area contributed by atoms with Crippen molar-refractivity contribution >= 4 is 11.8 Å². The lowest BCUT2D eigenvalue weighted by Crippen LogP contribution is -2.51. The van der Waals surface area contributed by atoms with Crippen molar-refractivity contribution in [2.75, 3.05) is 7.11 Å². The molecule has 0 radical (unpaired) electrons. The number of hydrogen-bond donors (Lipinski definition) is 3. The fourth-order valence-corrected chi connectivity index (χ4v) is 1.24. The summed E-state index contributed by atoms with van der Waals surface area (Å²) in [5, 5.41) is 9.81. The molecule has 6 heteroatoms. The number of nitrogens with two attached hydrogens (primary N) is 2. The van der Waals surface area contributed by atoms with Crippen LogP contribution in [0.25, 0.3) is 0 Å². The van der Waals surface area contributed by atoms with E-state index in [2.05, 4.69) is 0 Å². The van der Waals surface area contributed by atoms with Crippen molar-refractivity contribution < 1.29 is 19.4 Å². The molecule has 0 saturated carbocycles. The molecule has 0 spiro atoms. The molecule has 1 aromatic rings. The van der Waals surface area contributed by atoms with Crippen molar-refractivity contribution in [2.24, 2.45) is 11.5 Å². The van der Waals surface area contributed by atoms with Crippen LogP contribution in [0.1, 0.15) is 5.56 Å². The third kappa shape index (κ3) is 1.82. The van der Waals surface area contributed by atoms with E-state index in [1.807, 2.05) is 0 Å². The van der Waals surface area contributed by atoms with Crippen LogP contribution in [0, 0.1) is 0 Å². The van der Waals surface area contributed by atoms with Gasteiger partial charge >= 0.3 is 0 Å². The molecule has 1 rings (SSSR count). The van der Waals surface area contributed by atoms with Gasteiger partial charge < -0.3 is 21.3 Å². The maximum absolute atomic E-state index is 11.1. The number of primary amides is 2. The van der Waals surface area contributed by atoms with Gasteiger partial charge in [0.1, 0.15) is 5.75 Å². The Morgan fingerprint density at radius 3 is 1.94 bits per heavy atom. The van der Waals surface area contributed by atoms with Crippen molar-refractivity contribution in [1.29, 1.82) is 0 Å². The first-order chi connectivity index (χ1) is 7.42. The average Bonchev–Trinajstić information content (AvgIpc) is 2.27. The highest BCUT2D eigenvalue weighted by Crippen LogP contribution is 2.23. The molecule has 0 aliphatic carbocycles. The predicted octanol–water partition coefficient (Wildman–Crippen LogP) is -1.15. The second-order valence-electron chi connectivity index (χ2n) is 3.17. The van der Waals surface area contributed by atoms with Gasteiger partial charge in [-0.15, -0.1) is 0 Å². The van der Waals surface area contributed by atoms with Gasteiger partial charge in [0.25, 0.3) is 11.8 Å². The Hall–Kier alpha value is -2.08. The lowest BCUT2D eigenvalue weighted by Gasteiger charge is -2.21. The van der Waals surface area contributed by atoms with Crippen molar-refractivity contribution in [2.45, 2.75) is 5.60 Å². The molecule has 0 aromatic heterocycles. The lowest BCUT2D eigenvalue weighted by molar-refractivity contribution is -0.150. The summed E-state index contributed by atoms with van der Waals surface area (Å²) < 4.78 is 4.89. The van der Waals surface area contributed by atoms with E-state index in [1.54, 1.807) is 0 Å². The average molecular weight is 224 g/mol. The number of methoxy groups -OCH3 is 1. The second-order valence-corrected chi connectivity index (χ2v) is 3.17. The Kier molecular flexibility index (Phi) is 3.14. The van der Waals surface area contributed by atoms with E-state index in [9.17, 15) is 14.7 Å². The summed E-state index contributed by atoms with van der Waals surface area (Å²) in [5.41, 5.74) is 7.42. The zero-order valence-electron chi connectivity index (χ0n) is 8.64. The molecule has 0 fully saturated rings. The molecular formula is C10H12N2O4. The number of hydrogen-bond acceptors (Lipinski definition) is 4. The van der Waals surface area contributed by atoms with Crippen LogP contribution in [-0.4, -0.2) is 24.0 Å². The normalized spacial score (nSPS) is 10.9. The largest absolute Gasteiger partial charge is 0.497 e. The van der Waals surface area contributed by atoms with Crippen LogP contribution in [-0.2, 0) is 15.2 Å². The highest BCUT2D eigenvalue weighted by molar-refractivity contribution is 6.07. The standard InChI is InChI=1S/C10H12N2O4/c1-16-7-4-2-6(3-5-7)10(15,8(11)13)9(12)14/h2-5,15H,1H3,(H2,11,13)(H2,12,14). The third-order valence-corrected chi connectivity index (χ3v) is 2.22. The van der Waals surface area contributed by atoms with Gasteiger partial charge in [-0.05, 0) is 12.1 Å². The van der Waals surface area contributed by atoms with Gasteiger partial charge in [-0.3, -0.25) is 9.59 Å². The van der Waals surface area contributed by atoms with E-state index in [-0.39, 0.29) is 5.56 Å². The van der Waals surface area contributed by atoms with Crippen molar-refractivity contribution in [3.63, 3.8) is 0 Å². The highest BCUT2D eigenvalue weighted by atomic mass is 16.5. The van der Waals surface area contributed by atoms with Crippen LogP contribution in [0.3, 0.4) is 0 Å². The number of rotatable bonds is 4. The summed E-state index contributed by atoms with van der Waals surface area (Å²) in [6, 6.07) is 5.64. The van der Waals surface area contributed by atoms with Gasteiger partial charge in [0, 0.05) is 5.56 Å². The molecule has 0 aliphatic heterocycles. The van der Waals surface area contributed by atoms with Crippen LogP contribution in [0.15, 0.2) is 24.3 Å². The van der Waals surface area contributed by atoms with Crippen LogP contribution in [0.4, 0.5) is 0 Å². The Balaban J connectivity index is 3.22. The van der Waals surface area contributed by atoms with Gasteiger partial charge in [-0.1, -0.05) is 12.1 Å². The molecule has 2 amide bonds. The number of carbonyl (C=O) groups is 2. The molecule has 0 saturated heterocycles. The van der Waals surface area contributed by atoms with Crippen molar-refractivity contribution in [3.05, 3.63) is 29.8 Å². The Bertz CT molecular complexity index is 399. The van der Waals surface area contributed by atoms with Gasteiger partial charge in [0.2, 0.25) is 5.60 Å². The maximum atomic E-state index is 11.1. The molecule has 0 aliphatic rings. The SMILES string of the molecule is COc1ccc(C(O)(C(N)=O)C(N)=O)cc1. The first-order valence-electron chi connectivity index (χ1n) is 4.39. The maximum Gasteiger partial charge on any atom is 0.264 e. The molecule has 1 aromatic carbocycles. The van der Waals surface area contributed by atoms with Gasteiger partial charge in [0.05, 0.1) is 7.11 Å². The molecule has 16 heavy (non-hydrogen) atoms. The Morgan fingerprint density at radius 1 is 1.19 bits per heavy atom. The molecule has 0 unspecified atom stereocenters. The minimum absolute atomic E-state index is 0.00769. The zero-order chi connectivity index (χ0) is 12.3. The highest BCUT2D eigenvalue weighted by Gasteiger charge is 2.42. The topological polar surface area (TPSA) is 116 Å². The van der Waals surface area contributed by atoms with Crippen molar-refractivity contribution in [1.82, 2.24) is 0 Å². The summed E-state index contributed by atoms with van der Waals surface area (Å²) in [6.45, 7) is 0. The Labute approximate surface area is 91.8 Å². The molecule has 6 nitrogen and oxygen atoms in total. The van der Waals surface area contributed by atoms with Crippen LogP contribution in [0.2, 0.25) is 0 Å². The fraction of sp³-hybridized carbons (Fsp3) is 0.200. The molecule has 86 valence electrons. The quantitative estimate of drug-likeness (QED) is 0.560. The smallest absolute Gasteiger partial charge is 0.264 e. The first kappa shape index (κ1) is 12.0. The number of benzene rings is 1. The Morgan fingerprint density at radius 2 is 1.62 bits per heavy atom. The molecular weight excluding hydrogens is 212 g/mol. The van der Waals surface area contributed by atoms with Gasteiger partial charge in [-0.25, -0.2) is 0 Å². The second kappa shape index (κ2) is 4.19.